The molecule has 3 rings (SSSR count). The van der Waals surface area contributed by atoms with E-state index in [2.05, 4.69) is 5.32 Å². The Kier molecular flexibility index (Phi) is 10.0. The highest BCUT2D eigenvalue weighted by Crippen LogP contribution is 2.25. The molecule has 0 aliphatic carbocycles. The molecular formula is C28H29Cl3N2O2. The van der Waals surface area contributed by atoms with Crippen molar-refractivity contribution in [3.63, 3.8) is 0 Å². The van der Waals surface area contributed by atoms with E-state index in [4.69, 9.17) is 34.8 Å². The fourth-order valence-corrected chi connectivity index (χ4v) is 4.39. The summed E-state index contributed by atoms with van der Waals surface area (Å²) in [6.45, 7) is 4.76. The molecule has 35 heavy (non-hydrogen) atoms. The van der Waals surface area contributed by atoms with E-state index in [0.717, 1.165) is 11.1 Å². The van der Waals surface area contributed by atoms with Gasteiger partial charge in [-0.05, 0) is 40.8 Å². The molecule has 0 unspecified atom stereocenters. The lowest BCUT2D eigenvalue weighted by molar-refractivity contribution is -0.140. The first-order valence-corrected chi connectivity index (χ1v) is 12.7. The van der Waals surface area contributed by atoms with Crippen LogP contribution in [-0.2, 0) is 29.0 Å². The van der Waals surface area contributed by atoms with Gasteiger partial charge in [0.25, 0.3) is 0 Å². The molecule has 4 nitrogen and oxygen atoms in total. The molecular weight excluding hydrogens is 503 g/mol. The standard InChI is InChI=1S/C28H29Cl3N2O2/c1-19(2)17-32-28(35)26(14-20-8-4-3-5-9-20)33(18-22-10-6-7-11-24(22)30)27(34)15-21-12-13-23(29)16-25(21)31/h3-13,16,19,26H,14-15,17-18H2,1-2H3,(H,32,35)/t26-/m0/s1. The maximum atomic E-state index is 13.8. The molecule has 3 aromatic carbocycles. The summed E-state index contributed by atoms with van der Waals surface area (Å²) >= 11 is 18.8. The van der Waals surface area contributed by atoms with E-state index in [1.807, 2.05) is 62.4 Å². The van der Waals surface area contributed by atoms with Crippen LogP contribution in [0.1, 0.15) is 30.5 Å². The van der Waals surface area contributed by atoms with Gasteiger partial charge in [-0.1, -0.05) is 103 Å². The van der Waals surface area contributed by atoms with Crippen molar-refractivity contribution in [2.24, 2.45) is 5.92 Å². The SMILES string of the molecule is CC(C)CNC(=O)[C@H](Cc1ccccc1)N(Cc1ccccc1Cl)C(=O)Cc1ccc(Cl)cc1Cl. The Balaban J connectivity index is 1.99. The zero-order chi connectivity index (χ0) is 25.4. The van der Waals surface area contributed by atoms with Gasteiger partial charge in [-0.25, -0.2) is 0 Å². The summed E-state index contributed by atoms with van der Waals surface area (Å²) in [7, 11) is 0. The van der Waals surface area contributed by atoms with Crippen molar-refractivity contribution in [1.29, 1.82) is 0 Å². The summed E-state index contributed by atoms with van der Waals surface area (Å²) in [5.41, 5.74) is 2.37. The van der Waals surface area contributed by atoms with E-state index in [1.165, 1.54) is 0 Å². The minimum Gasteiger partial charge on any atom is -0.354 e. The number of amides is 2. The number of hydrogen-bond acceptors (Lipinski definition) is 2. The average Bonchev–Trinajstić information content (AvgIpc) is 2.83. The Hall–Kier alpha value is -2.53. The number of rotatable bonds is 10. The number of nitrogens with zero attached hydrogens (tertiary/aromatic N) is 1. The molecule has 1 atom stereocenters. The molecule has 0 aliphatic rings. The van der Waals surface area contributed by atoms with E-state index in [1.54, 1.807) is 29.2 Å². The molecule has 184 valence electrons. The van der Waals surface area contributed by atoms with Crippen molar-refractivity contribution >= 4 is 46.6 Å². The van der Waals surface area contributed by atoms with Crippen LogP contribution in [-0.4, -0.2) is 29.3 Å². The molecule has 2 amide bonds. The van der Waals surface area contributed by atoms with Gasteiger partial charge in [-0.15, -0.1) is 0 Å². The van der Waals surface area contributed by atoms with Crippen molar-refractivity contribution < 1.29 is 9.59 Å². The Morgan fingerprint density at radius 1 is 0.857 bits per heavy atom. The molecule has 0 radical (unpaired) electrons. The highest BCUT2D eigenvalue weighted by molar-refractivity contribution is 6.35. The molecule has 0 spiro atoms. The molecule has 0 bridgehead atoms. The van der Waals surface area contributed by atoms with Crippen LogP contribution in [0.4, 0.5) is 0 Å². The molecule has 0 aromatic heterocycles. The van der Waals surface area contributed by atoms with Gasteiger partial charge < -0.3 is 10.2 Å². The zero-order valence-electron chi connectivity index (χ0n) is 19.8. The number of carbonyl (C=O) groups excluding carboxylic acids is 2. The van der Waals surface area contributed by atoms with E-state index in [9.17, 15) is 9.59 Å². The third-order valence-corrected chi connectivity index (χ3v) is 6.57. The van der Waals surface area contributed by atoms with Gasteiger partial charge in [0.2, 0.25) is 11.8 Å². The smallest absolute Gasteiger partial charge is 0.243 e. The van der Waals surface area contributed by atoms with Crippen molar-refractivity contribution in [3.05, 3.63) is 105 Å². The van der Waals surface area contributed by atoms with Crippen LogP contribution in [0.25, 0.3) is 0 Å². The fraction of sp³-hybridized carbons (Fsp3) is 0.286. The second-order valence-corrected chi connectivity index (χ2v) is 10.1. The van der Waals surface area contributed by atoms with Crippen molar-refractivity contribution in [3.8, 4) is 0 Å². The summed E-state index contributed by atoms with van der Waals surface area (Å²) in [4.78, 5) is 28.8. The normalized spacial score (nSPS) is 11.8. The lowest BCUT2D eigenvalue weighted by Crippen LogP contribution is -2.51. The zero-order valence-corrected chi connectivity index (χ0v) is 22.1. The van der Waals surface area contributed by atoms with E-state index in [-0.39, 0.29) is 30.7 Å². The molecule has 0 saturated heterocycles. The third kappa shape index (κ3) is 7.99. The quantitative estimate of drug-likeness (QED) is 0.320. The summed E-state index contributed by atoms with van der Waals surface area (Å²) < 4.78 is 0. The van der Waals surface area contributed by atoms with Gasteiger partial charge in [-0.2, -0.15) is 0 Å². The van der Waals surface area contributed by atoms with Gasteiger partial charge >= 0.3 is 0 Å². The maximum absolute atomic E-state index is 13.8. The van der Waals surface area contributed by atoms with Gasteiger partial charge in [0.1, 0.15) is 6.04 Å². The molecule has 0 heterocycles. The predicted molar refractivity (Wildman–Crippen MR) is 144 cm³/mol. The van der Waals surface area contributed by atoms with E-state index in [0.29, 0.717) is 33.6 Å². The van der Waals surface area contributed by atoms with E-state index < -0.39 is 6.04 Å². The van der Waals surface area contributed by atoms with Crippen LogP contribution >= 0.6 is 34.8 Å². The van der Waals surface area contributed by atoms with Crippen LogP contribution in [0.5, 0.6) is 0 Å². The fourth-order valence-electron chi connectivity index (χ4n) is 3.72. The topological polar surface area (TPSA) is 49.4 Å². The Labute approximate surface area is 222 Å². The molecule has 0 aliphatic heterocycles. The first-order valence-electron chi connectivity index (χ1n) is 11.5. The minimum absolute atomic E-state index is 0.0310. The highest BCUT2D eigenvalue weighted by Gasteiger charge is 2.31. The molecule has 0 fully saturated rings. The Morgan fingerprint density at radius 2 is 1.54 bits per heavy atom. The van der Waals surface area contributed by atoms with Crippen molar-refractivity contribution in [1.82, 2.24) is 10.2 Å². The van der Waals surface area contributed by atoms with Crippen LogP contribution in [0, 0.1) is 5.92 Å². The van der Waals surface area contributed by atoms with Crippen molar-refractivity contribution in [2.75, 3.05) is 6.54 Å². The summed E-state index contributed by atoms with van der Waals surface area (Å²) in [6, 6.07) is 21.3. The molecule has 1 N–H and O–H groups in total. The molecule has 3 aromatic rings. The first kappa shape index (κ1) is 27.1. The second kappa shape index (κ2) is 13.0. The van der Waals surface area contributed by atoms with Crippen LogP contribution in [0.2, 0.25) is 15.1 Å². The lowest BCUT2D eigenvalue weighted by atomic mass is 10.0. The van der Waals surface area contributed by atoms with Crippen LogP contribution < -0.4 is 5.32 Å². The summed E-state index contributed by atoms with van der Waals surface area (Å²) in [6.07, 6.45) is 0.401. The summed E-state index contributed by atoms with van der Waals surface area (Å²) in [5.74, 6) is -0.156. The number of nitrogens with one attached hydrogen (secondary N) is 1. The number of carbonyl (C=O) groups is 2. The number of benzene rings is 3. The molecule has 7 heteroatoms. The second-order valence-electron chi connectivity index (χ2n) is 8.87. The monoisotopic (exact) mass is 530 g/mol. The van der Waals surface area contributed by atoms with Gasteiger partial charge in [0.15, 0.2) is 0 Å². The van der Waals surface area contributed by atoms with Crippen molar-refractivity contribution in [2.45, 2.75) is 39.3 Å². The van der Waals surface area contributed by atoms with E-state index >= 15 is 0 Å². The third-order valence-electron chi connectivity index (χ3n) is 5.61. The van der Waals surface area contributed by atoms with Crippen LogP contribution in [0.15, 0.2) is 72.8 Å². The average molecular weight is 532 g/mol. The lowest BCUT2D eigenvalue weighted by Gasteiger charge is -2.32. The van der Waals surface area contributed by atoms with Gasteiger partial charge in [-0.3, -0.25) is 9.59 Å². The highest BCUT2D eigenvalue weighted by atomic mass is 35.5. The maximum Gasteiger partial charge on any atom is 0.243 e. The van der Waals surface area contributed by atoms with Crippen LogP contribution in [0.3, 0.4) is 0 Å². The number of halogens is 3. The van der Waals surface area contributed by atoms with Gasteiger partial charge in [0, 0.05) is 34.6 Å². The number of hydrogen-bond donors (Lipinski definition) is 1. The summed E-state index contributed by atoms with van der Waals surface area (Å²) in [5, 5.41) is 4.45. The van der Waals surface area contributed by atoms with Gasteiger partial charge in [0.05, 0.1) is 6.42 Å². The molecule has 0 saturated carbocycles. The minimum atomic E-state index is -0.731. The Morgan fingerprint density at radius 3 is 2.20 bits per heavy atom. The first-order chi connectivity index (χ1) is 16.7. The Bertz CT molecular complexity index is 1150. The predicted octanol–water partition coefficient (Wildman–Crippen LogP) is 6.60. The largest absolute Gasteiger partial charge is 0.354 e.